The van der Waals surface area contributed by atoms with Crippen molar-refractivity contribution in [1.29, 1.82) is 0 Å². The summed E-state index contributed by atoms with van der Waals surface area (Å²) in [7, 11) is 0. The van der Waals surface area contributed by atoms with Gasteiger partial charge < -0.3 is 14.7 Å². The Morgan fingerprint density at radius 2 is 2.00 bits per heavy atom. The number of H-pyrrole nitrogens is 1. The number of pyridine rings is 2. The van der Waals surface area contributed by atoms with Gasteiger partial charge in [-0.2, -0.15) is 4.68 Å². The molecule has 0 unspecified atom stereocenters. The quantitative estimate of drug-likeness (QED) is 0.293. The van der Waals surface area contributed by atoms with Crippen LogP contribution in [0.4, 0.5) is 10.5 Å². The number of benzene rings is 1. The van der Waals surface area contributed by atoms with E-state index >= 15 is 0 Å². The number of hydrogen-bond acceptors (Lipinski definition) is 7. The number of hydrogen-bond donors (Lipinski definition) is 3. The smallest absolute Gasteiger partial charge is 0.409 e. The second kappa shape index (κ2) is 9.84. The highest BCUT2D eigenvalue weighted by Crippen LogP contribution is 2.29. The van der Waals surface area contributed by atoms with Crippen molar-refractivity contribution in [3.05, 3.63) is 87.0 Å². The molecule has 0 fully saturated rings. The second-order valence-electron chi connectivity index (χ2n) is 7.94. The van der Waals surface area contributed by atoms with E-state index in [4.69, 9.17) is 28.3 Å². The number of aromatic nitrogens is 8. The summed E-state index contributed by atoms with van der Waals surface area (Å²) < 4.78 is 3.05. The molecule has 0 atom stereocenters. The average molecular weight is 538 g/mol. The lowest BCUT2D eigenvalue weighted by molar-refractivity contribution is 0.209. The van der Waals surface area contributed by atoms with Gasteiger partial charge in [0.2, 0.25) is 0 Å². The number of nitrogens with zero attached hydrogens (tertiary/aromatic N) is 7. The number of aromatic amines is 1. The molecule has 5 aromatic rings. The zero-order valence-electron chi connectivity index (χ0n) is 19.1. The minimum atomic E-state index is -1.19. The fourth-order valence-electron chi connectivity index (χ4n) is 3.83. The third kappa shape index (κ3) is 5.06. The van der Waals surface area contributed by atoms with Gasteiger partial charge >= 0.3 is 6.09 Å². The van der Waals surface area contributed by atoms with E-state index in [1.165, 1.54) is 23.3 Å². The first-order valence-electron chi connectivity index (χ1n) is 10.7. The van der Waals surface area contributed by atoms with Crippen LogP contribution < -0.4 is 10.9 Å². The number of imidazole rings is 1. The van der Waals surface area contributed by atoms with Crippen molar-refractivity contribution >= 4 is 35.0 Å². The normalized spacial score (nSPS) is 11.0. The van der Waals surface area contributed by atoms with Gasteiger partial charge in [-0.1, -0.05) is 23.2 Å². The molecular formula is C23H17Cl2N9O3. The number of amides is 1. The fraction of sp³-hybridized carbons (Fsp3) is 0.0870. The molecule has 186 valence electrons. The Kier molecular flexibility index (Phi) is 6.42. The fourth-order valence-corrected chi connectivity index (χ4v) is 4.25. The van der Waals surface area contributed by atoms with Gasteiger partial charge in [0.05, 0.1) is 29.8 Å². The van der Waals surface area contributed by atoms with E-state index in [1.807, 2.05) is 13.0 Å². The van der Waals surface area contributed by atoms with Crippen LogP contribution >= 0.6 is 23.2 Å². The predicted octanol–water partition coefficient (Wildman–Crippen LogP) is 4.03. The molecule has 0 aliphatic rings. The van der Waals surface area contributed by atoms with Gasteiger partial charge in [0.15, 0.2) is 5.15 Å². The molecule has 0 aliphatic heterocycles. The van der Waals surface area contributed by atoms with Gasteiger partial charge in [-0.25, -0.2) is 9.78 Å². The van der Waals surface area contributed by atoms with Crippen molar-refractivity contribution in [2.24, 2.45) is 0 Å². The van der Waals surface area contributed by atoms with Crippen LogP contribution in [0.5, 0.6) is 0 Å². The summed E-state index contributed by atoms with van der Waals surface area (Å²) in [5.41, 5.74) is 3.69. The van der Waals surface area contributed by atoms with Crippen LogP contribution in [0.2, 0.25) is 10.2 Å². The van der Waals surface area contributed by atoms with E-state index in [9.17, 15) is 9.59 Å². The highest BCUT2D eigenvalue weighted by Gasteiger charge is 2.16. The number of rotatable bonds is 6. The number of carbonyl (C=O) groups is 1. The Labute approximate surface area is 218 Å². The highest BCUT2D eigenvalue weighted by molar-refractivity contribution is 6.32. The first-order valence-corrected chi connectivity index (χ1v) is 11.5. The Hall–Kier alpha value is -4.55. The number of tetrazole rings is 1. The van der Waals surface area contributed by atoms with Crippen molar-refractivity contribution < 1.29 is 9.90 Å². The topological polar surface area (TPSA) is 156 Å². The van der Waals surface area contributed by atoms with Crippen molar-refractivity contribution in [1.82, 2.24) is 39.7 Å². The minimum absolute atomic E-state index is 0.138. The van der Waals surface area contributed by atoms with E-state index < -0.39 is 6.09 Å². The van der Waals surface area contributed by atoms with Crippen LogP contribution in [0, 0.1) is 6.92 Å². The highest BCUT2D eigenvalue weighted by atomic mass is 35.5. The second-order valence-corrected chi connectivity index (χ2v) is 8.73. The molecule has 0 spiro atoms. The van der Waals surface area contributed by atoms with Crippen molar-refractivity contribution in [3.8, 4) is 28.2 Å². The Bertz CT molecular complexity index is 1660. The first-order chi connectivity index (χ1) is 17.8. The van der Waals surface area contributed by atoms with Gasteiger partial charge in [0.1, 0.15) is 17.8 Å². The molecule has 0 saturated heterocycles. The average Bonchev–Trinajstić information content (AvgIpc) is 3.51. The van der Waals surface area contributed by atoms with Crippen molar-refractivity contribution in [3.63, 3.8) is 0 Å². The zero-order chi connectivity index (χ0) is 26.1. The van der Waals surface area contributed by atoms with Gasteiger partial charge in [-0.3, -0.25) is 15.1 Å². The largest absolute Gasteiger partial charge is 0.465 e. The van der Waals surface area contributed by atoms with Gasteiger partial charge in [0.25, 0.3) is 5.56 Å². The summed E-state index contributed by atoms with van der Waals surface area (Å²) in [5, 5.41) is 23.0. The molecular weight excluding hydrogens is 521 g/mol. The molecule has 0 radical (unpaired) electrons. The maximum absolute atomic E-state index is 13.1. The zero-order valence-corrected chi connectivity index (χ0v) is 20.6. The third-order valence-corrected chi connectivity index (χ3v) is 6.00. The summed E-state index contributed by atoms with van der Waals surface area (Å²) in [4.78, 5) is 35.6. The molecule has 4 aromatic heterocycles. The SMILES string of the molecule is Cc1cc(-c2cc(Cl)ccc2-n2cnnn2)cc(=O)n1Cc1nc(Cl)c(-c2ccc(NC(=O)O)cn2)[nH]1. The molecule has 1 amide bonds. The maximum Gasteiger partial charge on any atom is 0.409 e. The molecule has 3 N–H and O–H groups in total. The monoisotopic (exact) mass is 537 g/mol. The minimum Gasteiger partial charge on any atom is -0.465 e. The van der Waals surface area contributed by atoms with Crippen LogP contribution in [0.15, 0.2) is 59.8 Å². The number of anilines is 1. The summed E-state index contributed by atoms with van der Waals surface area (Å²) in [6.45, 7) is 1.95. The number of carboxylic acid groups (broad SMARTS) is 1. The molecule has 0 saturated carbocycles. The summed E-state index contributed by atoms with van der Waals surface area (Å²) in [6.07, 6.45) is 1.64. The van der Waals surface area contributed by atoms with E-state index in [-0.39, 0.29) is 17.3 Å². The van der Waals surface area contributed by atoms with E-state index in [1.54, 1.807) is 34.9 Å². The third-order valence-electron chi connectivity index (χ3n) is 5.49. The summed E-state index contributed by atoms with van der Waals surface area (Å²) in [6, 6.07) is 11.8. The predicted molar refractivity (Wildman–Crippen MR) is 136 cm³/mol. The standard InChI is InChI=1S/C23H17Cl2N9O3/c1-12-6-13(16-8-14(24)2-5-18(16)34-11-27-31-32-34)7-20(35)33(12)10-19-29-21(22(25)30-19)17-4-3-15(9-26-17)28-23(36)37/h2-9,11,28H,10H2,1H3,(H,29,30)(H,36,37). The van der Waals surface area contributed by atoms with E-state index in [0.29, 0.717) is 50.4 Å². The van der Waals surface area contributed by atoms with Crippen LogP contribution in [-0.4, -0.2) is 50.9 Å². The maximum atomic E-state index is 13.1. The van der Waals surface area contributed by atoms with Gasteiger partial charge in [-0.15, -0.1) is 5.10 Å². The molecule has 0 bridgehead atoms. The first kappa shape index (κ1) is 24.2. The van der Waals surface area contributed by atoms with Crippen LogP contribution in [-0.2, 0) is 6.54 Å². The summed E-state index contributed by atoms with van der Waals surface area (Å²) >= 11 is 12.6. The lowest BCUT2D eigenvalue weighted by atomic mass is 10.0. The van der Waals surface area contributed by atoms with E-state index in [2.05, 4.69) is 35.8 Å². The summed E-state index contributed by atoms with van der Waals surface area (Å²) in [5.74, 6) is 0.449. The number of nitrogens with one attached hydrogen (secondary N) is 2. The Morgan fingerprint density at radius 1 is 1.16 bits per heavy atom. The number of halogens is 2. The lowest BCUT2D eigenvalue weighted by Crippen LogP contribution is -2.23. The van der Waals surface area contributed by atoms with Gasteiger partial charge in [0, 0.05) is 22.3 Å². The van der Waals surface area contributed by atoms with Crippen LogP contribution in [0.3, 0.4) is 0 Å². The number of aryl methyl sites for hydroxylation is 1. The van der Waals surface area contributed by atoms with Crippen molar-refractivity contribution in [2.45, 2.75) is 13.5 Å². The van der Waals surface area contributed by atoms with Gasteiger partial charge in [-0.05, 0) is 59.3 Å². The van der Waals surface area contributed by atoms with Crippen LogP contribution in [0.1, 0.15) is 11.5 Å². The molecule has 14 heteroatoms. The molecule has 0 aliphatic carbocycles. The Morgan fingerprint density at radius 3 is 2.68 bits per heavy atom. The van der Waals surface area contributed by atoms with Crippen molar-refractivity contribution in [2.75, 3.05) is 5.32 Å². The molecule has 12 nitrogen and oxygen atoms in total. The molecule has 5 rings (SSSR count). The molecule has 1 aromatic carbocycles. The lowest BCUT2D eigenvalue weighted by Gasteiger charge is -2.13. The molecule has 4 heterocycles. The van der Waals surface area contributed by atoms with Crippen LogP contribution in [0.25, 0.3) is 28.2 Å². The Balaban J connectivity index is 1.45. The van der Waals surface area contributed by atoms with E-state index in [0.717, 1.165) is 0 Å². The molecule has 37 heavy (non-hydrogen) atoms.